The highest BCUT2D eigenvalue weighted by atomic mass is 15.1. The van der Waals surface area contributed by atoms with Crippen LogP contribution in [-0.4, -0.2) is 0 Å². The Morgan fingerprint density at radius 2 is 0.625 bits per heavy atom. The third kappa shape index (κ3) is 5.16. The topological polar surface area (TPSA) is 6.48 Å². The van der Waals surface area contributed by atoms with Gasteiger partial charge in [-0.05, 0) is 142 Å². The fourth-order valence-corrected chi connectivity index (χ4v) is 9.56. The van der Waals surface area contributed by atoms with Crippen molar-refractivity contribution in [2.24, 2.45) is 0 Å². The molecule has 0 saturated heterocycles. The van der Waals surface area contributed by atoms with Crippen LogP contribution in [0.2, 0.25) is 0 Å². The first-order chi connectivity index (χ1) is 27.1. The predicted octanol–water partition coefficient (Wildman–Crippen LogP) is 15.0. The molecule has 0 heterocycles. The Kier molecular flexibility index (Phi) is 7.67. The molecule has 0 unspecified atom stereocenters. The summed E-state index contributed by atoms with van der Waals surface area (Å²) in [4.78, 5) is 4.77. The molecule has 8 aromatic rings. The number of fused-ring (bicyclic) bond motifs is 4. The number of rotatable bonds is 6. The largest absolute Gasteiger partial charge is 0.310 e. The third-order valence-electron chi connectivity index (χ3n) is 12.6. The fourth-order valence-electron chi connectivity index (χ4n) is 9.56. The summed E-state index contributed by atoms with van der Waals surface area (Å²) in [6, 6.07) is 63.1. The fraction of sp³-hybridized carbons (Fsp3) is 0.148. The average Bonchev–Trinajstić information content (AvgIpc) is 3.22. The number of hydrogen-bond donors (Lipinski definition) is 0. The lowest BCUT2D eigenvalue weighted by molar-refractivity contribution is 0.633. The van der Waals surface area contributed by atoms with Crippen LogP contribution in [0.1, 0.15) is 61.1 Å². The molecule has 2 aliphatic rings. The maximum absolute atomic E-state index is 2.44. The summed E-state index contributed by atoms with van der Waals surface area (Å²) in [5.74, 6) is 0. The Morgan fingerprint density at radius 3 is 1.00 bits per heavy atom. The molecule has 0 spiro atoms. The molecule has 0 bridgehead atoms. The van der Waals surface area contributed by atoms with Crippen molar-refractivity contribution >= 4 is 44.9 Å². The third-order valence-corrected chi connectivity index (χ3v) is 12.6. The zero-order valence-electron chi connectivity index (χ0n) is 33.1. The van der Waals surface area contributed by atoms with E-state index in [9.17, 15) is 0 Å². The average molecular weight is 723 g/mol. The second-order valence-electron chi connectivity index (χ2n) is 16.8. The van der Waals surface area contributed by atoms with E-state index in [-0.39, 0.29) is 10.8 Å². The molecule has 0 radical (unpaired) electrons. The van der Waals surface area contributed by atoms with Crippen molar-refractivity contribution in [1.82, 2.24) is 0 Å². The van der Waals surface area contributed by atoms with Crippen LogP contribution in [0.4, 0.5) is 34.1 Å². The number of anilines is 6. The Balaban J connectivity index is 1.14. The predicted molar refractivity (Wildman–Crippen MR) is 238 cm³/mol. The second-order valence-corrected chi connectivity index (χ2v) is 16.8. The van der Waals surface area contributed by atoms with E-state index in [0.717, 1.165) is 22.7 Å². The number of benzene rings is 8. The standard InChI is InChI=1S/C54H46N2/c1-35-17-21-39(22-18-35)55(37-13-9-7-10-14-37)41-25-27-43-45-29-30-46-44-28-26-42(56(38-15-11-8-12-16-38)40-23-19-36(2)20-24-40)34-50(44)54(5,6)48-32-31-47(51(45)52(46)48)53(3,4)49(43)33-41/h7-34H,1-6H3. The van der Waals surface area contributed by atoms with E-state index in [0.29, 0.717) is 0 Å². The van der Waals surface area contributed by atoms with Gasteiger partial charge < -0.3 is 9.80 Å². The van der Waals surface area contributed by atoms with Crippen molar-refractivity contribution < 1.29 is 0 Å². The molecule has 272 valence electrons. The maximum atomic E-state index is 2.44. The number of aryl methyl sites for hydroxylation is 2. The summed E-state index contributed by atoms with van der Waals surface area (Å²) in [7, 11) is 0. The van der Waals surface area contributed by atoms with Gasteiger partial charge in [0.05, 0.1) is 0 Å². The summed E-state index contributed by atoms with van der Waals surface area (Å²) in [5, 5.41) is 2.80. The maximum Gasteiger partial charge on any atom is 0.0465 e. The molecule has 56 heavy (non-hydrogen) atoms. The van der Waals surface area contributed by atoms with E-state index < -0.39 is 0 Å². The quantitative estimate of drug-likeness (QED) is 0.169. The van der Waals surface area contributed by atoms with Gasteiger partial charge in [0.15, 0.2) is 0 Å². The summed E-state index contributed by atoms with van der Waals surface area (Å²) < 4.78 is 0. The molecule has 2 aliphatic carbocycles. The molecule has 0 amide bonds. The SMILES string of the molecule is Cc1ccc(N(c2ccccc2)c2ccc3c(c2)C(C)(C)c2ccc4c5c(ccc-3c25)-c2ccc(N(c3ccccc3)c3ccc(C)cc3)cc2C4(C)C)cc1. The van der Waals surface area contributed by atoms with Gasteiger partial charge in [-0.1, -0.05) is 136 Å². The zero-order chi connectivity index (χ0) is 38.3. The van der Waals surface area contributed by atoms with Crippen molar-refractivity contribution in [2.75, 3.05) is 9.80 Å². The molecule has 0 N–H and O–H groups in total. The summed E-state index contributed by atoms with van der Waals surface area (Å²) in [5.41, 5.74) is 19.8. The molecule has 0 atom stereocenters. The lowest BCUT2D eigenvalue weighted by atomic mass is 9.63. The van der Waals surface area contributed by atoms with Crippen LogP contribution in [0.3, 0.4) is 0 Å². The highest BCUT2D eigenvalue weighted by molar-refractivity contribution is 6.13. The monoisotopic (exact) mass is 722 g/mol. The van der Waals surface area contributed by atoms with Gasteiger partial charge in [-0.3, -0.25) is 0 Å². The lowest BCUT2D eigenvalue weighted by Gasteiger charge is -2.41. The molecular formula is C54H46N2. The Labute approximate surface area is 331 Å². The summed E-state index contributed by atoms with van der Waals surface area (Å²) in [6.07, 6.45) is 0. The van der Waals surface area contributed by atoms with Crippen molar-refractivity contribution in [1.29, 1.82) is 0 Å². The van der Waals surface area contributed by atoms with Crippen molar-refractivity contribution in [3.8, 4) is 22.3 Å². The molecule has 8 aromatic carbocycles. The molecule has 0 aliphatic heterocycles. The molecule has 2 nitrogen and oxygen atoms in total. The minimum Gasteiger partial charge on any atom is -0.310 e. The van der Waals surface area contributed by atoms with Crippen LogP contribution in [0, 0.1) is 13.8 Å². The van der Waals surface area contributed by atoms with E-state index in [1.165, 1.54) is 77.8 Å². The van der Waals surface area contributed by atoms with Crippen LogP contribution >= 0.6 is 0 Å². The van der Waals surface area contributed by atoms with Gasteiger partial charge in [-0.25, -0.2) is 0 Å². The van der Waals surface area contributed by atoms with E-state index >= 15 is 0 Å². The zero-order valence-corrected chi connectivity index (χ0v) is 33.1. The Hall–Kier alpha value is -6.38. The highest BCUT2D eigenvalue weighted by Crippen LogP contribution is 2.57. The lowest BCUT2D eigenvalue weighted by Crippen LogP contribution is -2.28. The minimum atomic E-state index is -0.219. The number of nitrogens with zero attached hydrogens (tertiary/aromatic N) is 2. The molecular weight excluding hydrogens is 677 g/mol. The first-order valence-corrected chi connectivity index (χ1v) is 19.9. The first kappa shape index (κ1) is 34.1. The summed E-state index contributed by atoms with van der Waals surface area (Å²) >= 11 is 0. The van der Waals surface area contributed by atoms with Crippen LogP contribution in [-0.2, 0) is 10.8 Å². The number of para-hydroxylation sites is 2. The van der Waals surface area contributed by atoms with Gasteiger partial charge in [0.25, 0.3) is 0 Å². The Bertz CT molecular complexity index is 2600. The van der Waals surface area contributed by atoms with Crippen LogP contribution in [0.15, 0.2) is 170 Å². The van der Waals surface area contributed by atoms with Gasteiger partial charge in [-0.15, -0.1) is 0 Å². The van der Waals surface area contributed by atoms with Crippen LogP contribution in [0.5, 0.6) is 0 Å². The minimum absolute atomic E-state index is 0.219. The molecule has 0 fully saturated rings. The van der Waals surface area contributed by atoms with Gasteiger partial charge in [0.1, 0.15) is 0 Å². The van der Waals surface area contributed by atoms with Crippen LogP contribution < -0.4 is 9.80 Å². The smallest absolute Gasteiger partial charge is 0.0465 e. The van der Waals surface area contributed by atoms with E-state index in [1.54, 1.807) is 0 Å². The van der Waals surface area contributed by atoms with Crippen molar-refractivity contribution in [2.45, 2.75) is 52.4 Å². The van der Waals surface area contributed by atoms with E-state index in [2.05, 4.69) is 221 Å². The summed E-state index contributed by atoms with van der Waals surface area (Å²) in [6.45, 7) is 14.0. The van der Waals surface area contributed by atoms with Crippen LogP contribution in [0.25, 0.3) is 33.0 Å². The molecule has 10 rings (SSSR count). The van der Waals surface area contributed by atoms with Gasteiger partial charge >= 0.3 is 0 Å². The first-order valence-electron chi connectivity index (χ1n) is 19.9. The number of hydrogen-bond acceptors (Lipinski definition) is 2. The van der Waals surface area contributed by atoms with E-state index in [1.807, 2.05) is 0 Å². The van der Waals surface area contributed by atoms with Gasteiger partial charge in [-0.2, -0.15) is 0 Å². The van der Waals surface area contributed by atoms with Gasteiger partial charge in [0.2, 0.25) is 0 Å². The van der Waals surface area contributed by atoms with Crippen molar-refractivity contribution in [3.05, 3.63) is 203 Å². The highest BCUT2D eigenvalue weighted by Gasteiger charge is 2.40. The van der Waals surface area contributed by atoms with Crippen molar-refractivity contribution in [3.63, 3.8) is 0 Å². The molecule has 0 aromatic heterocycles. The Morgan fingerprint density at radius 1 is 0.304 bits per heavy atom. The molecule has 0 saturated carbocycles. The second kappa shape index (κ2) is 12.6. The molecule has 2 heteroatoms. The van der Waals surface area contributed by atoms with E-state index in [4.69, 9.17) is 0 Å². The van der Waals surface area contributed by atoms with Gasteiger partial charge in [0, 0.05) is 45.0 Å². The normalized spacial score (nSPS) is 14.2.